The van der Waals surface area contributed by atoms with Crippen LogP contribution in [-0.4, -0.2) is 46.0 Å². The SMILES string of the molecule is C=CC[C@H](NC(=O)OC(C)(C)C)c1cc(-c2ccc(N(C)C(=O)O)cc2NC(=O)C(C)C=C)c(Cl)nn1. The molecule has 3 amide bonds. The van der Waals surface area contributed by atoms with Gasteiger partial charge in [0.2, 0.25) is 5.91 Å². The zero-order valence-electron chi connectivity index (χ0n) is 21.5. The molecule has 0 bridgehead atoms. The van der Waals surface area contributed by atoms with E-state index in [1.165, 1.54) is 19.2 Å². The second kappa shape index (κ2) is 12.4. The van der Waals surface area contributed by atoms with Gasteiger partial charge in [0.05, 0.1) is 23.3 Å². The quantitative estimate of drug-likeness (QED) is 0.349. The first-order chi connectivity index (χ1) is 17.3. The minimum Gasteiger partial charge on any atom is -0.465 e. The standard InChI is InChI=1S/C26H32ClN5O5/c1-8-10-19(29-24(34)37-26(4,5)6)21-14-18(22(27)31-30-21)17-12-11-16(32(7)25(35)36)13-20(17)28-23(33)15(3)9-2/h8-9,11-15,19H,1-2,10H2,3-7H3,(H,28,33)(H,29,34)(H,35,36)/t15?,19-/m0/s1. The van der Waals surface area contributed by atoms with Crippen LogP contribution in [0.3, 0.4) is 0 Å². The molecule has 1 aromatic heterocycles. The van der Waals surface area contributed by atoms with Crippen molar-refractivity contribution in [1.82, 2.24) is 15.5 Å². The highest BCUT2D eigenvalue weighted by Crippen LogP contribution is 2.36. The van der Waals surface area contributed by atoms with E-state index in [9.17, 15) is 19.5 Å². The lowest BCUT2D eigenvalue weighted by molar-refractivity contribution is -0.118. The van der Waals surface area contributed by atoms with Gasteiger partial charge < -0.3 is 20.5 Å². The van der Waals surface area contributed by atoms with Gasteiger partial charge in [-0.25, -0.2) is 9.59 Å². The van der Waals surface area contributed by atoms with Crippen LogP contribution in [0.2, 0.25) is 5.15 Å². The zero-order valence-corrected chi connectivity index (χ0v) is 22.3. The molecule has 198 valence electrons. The number of hydrogen-bond donors (Lipinski definition) is 3. The van der Waals surface area contributed by atoms with Gasteiger partial charge in [-0.15, -0.1) is 18.3 Å². The largest absolute Gasteiger partial charge is 0.465 e. The number of nitrogens with one attached hydrogen (secondary N) is 2. The summed E-state index contributed by atoms with van der Waals surface area (Å²) >= 11 is 6.42. The van der Waals surface area contributed by atoms with Crippen molar-refractivity contribution in [3.05, 3.63) is 60.4 Å². The van der Waals surface area contributed by atoms with Crippen LogP contribution in [0.25, 0.3) is 11.1 Å². The Labute approximate surface area is 221 Å². The van der Waals surface area contributed by atoms with Crippen molar-refractivity contribution < 1.29 is 24.2 Å². The Morgan fingerprint density at radius 2 is 1.86 bits per heavy atom. The van der Waals surface area contributed by atoms with Crippen LogP contribution in [-0.2, 0) is 9.53 Å². The molecular weight excluding hydrogens is 498 g/mol. The Hall–Kier alpha value is -3.92. The highest BCUT2D eigenvalue weighted by Gasteiger charge is 2.23. The van der Waals surface area contributed by atoms with Crippen molar-refractivity contribution in [2.24, 2.45) is 5.92 Å². The number of carbonyl (C=O) groups excluding carboxylic acids is 2. The van der Waals surface area contributed by atoms with Crippen molar-refractivity contribution in [2.75, 3.05) is 17.3 Å². The summed E-state index contributed by atoms with van der Waals surface area (Å²) in [6.07, 6.45) is 1.64. The number of anilines is 2. The molecule has 0 aliphatic heterocycles. The van der Waals surface area contributed by atoms with Gasteiger partial charge in [0, 0.05) is 23.9 Å². The monoisotopic (exact) mass is 529 g/mol. The topological polar surface area (TPSA) is 134 Å². The summed E-state index contributed by atoms with van der Waals surface area (Å²) in [5.74, 6) is -0.855. The van der Waals surface area contributed by atoms with Crippen molar-refractivity contribution in [2.45, 2.75) is 45.8 Å². The number of nitrogens with zero attached hydrogens (tertiary/aromatic N) is 3. The fraction of sp³-hybridized carbons (Fsp3) is 0.346. The molecule has 0 saturated heterocycles. The number of aromatic nitrogens is 2. The molecule has 1 unspecified atom stereocenters. The third-order valence-corrected chi connectivity index (χ3v) is 5.49. The van der Waals surface area contributed by atoms with Gasteiger partial charge in [-0.2, -0.15) is 5.10 Å². The molecule has 0 aliphatic carbocycles. The predicted octanol–water partition coefficient (Wildman–Crippen LogP) is 5.81. The molecule has 11 heteroatoms. The maximum Gasteiger partial charge on any atom is 0.411 e. The normalized spacial score (nSPS) is 12.6. The molecule has 0 spiro atoms. The Balaban J connectivity index is 2.59. The Morgan fingerprint density at radius 1 is 1.19 bits per heavy atom. The first-order valence-electron chi connectivity index (χ1n) is 11.4. The number of carbonyl (C=O) groups is 3. The minimum atomic E-state index is -1.17. The Bertz CT molecular complexity index is 1190. The van der Waals surface area contributed by atoms with Crippen LogP contribution in [0.15, 0.2) is 49.6 Å². The number of benzene rings is 1. The molecule has 2 atom stereocenters. The van der Waals surface area contributed by atoms with Gasteiger partial charge in [-0.05, 0) is 45.4 Å². The third-order valence-electron chi connectivity index (χ3n) is 5.21. The van der Waals surface area contributed by atoms with E-state index in [0.717, 1.165) is 4.90 Å². The number of hydrogen-bond acceptors (Lipinski definition) is 6. The van der Waals surface area contributed by atoms with E-state index in [-0.39, 0.29) is 11.1 Å². The predicted molar refractivity (Wildman–Crippen MR) is 144 cm³/mol. The fourth-order valence-electron chi connectivity index (χ4n) is 3.16. The maximum atomic E-state index is 12.7. The first kappa shape index (κ1) is 29.3. The van der Waals surface area contributed by atoms with Gasteiger partial charge in [0.1, 0.15) is 5.60 Å². The number of ether oxygens (including phenoxy) is 1. The lowest BCUT2D eigenvalue weighted by Crippen LogP contribution is -2.35. The second-order valence-electron chi connectivity index (χ2n) is 9.28. The van der Waals surface area contributed by atoms with Crippen LogP contribution in [0.1, 0.15) is 45.9 Å². The molecule has 0 fully saturated rings. The summed E-state index contributed by atoms with van der Waals surface area (Å²) in [7, 11) is 1.39. The summed E-state index contributed by atoms with van der Waals surface area (Å²) in [5.41, 5.74) is 1.22. The van der Waals surface area contributed by atoms with E-state index in [1.807, 2.05) is 0 Å². The molecular formula is C26H32ClN5O5. The molecule has 0 aliphatic rings. The van der Waals surface area contributed by atoms with Crippen molar-refractivity contribution in [1.29, 1.82) is 0 Å². The molecule has 3 N–H and O–H groups in total. The maximum absolute atomic E-state index is 12.7. The van der Waals surface area contributed by atoms with Gasteiger partial charge in [-0.1, -0.05) is 36.7 Å². The van der Waals surface area contributed by atoms with Crippen LogP contribution in [0, 0.1) is 5.92 Å². The average molecular weight is 530 g/mol. The Morgan fingerprint density at radius 3 is 2.43 bits per heavy atom. The van der Waals surface area contributed by atoms with Crippen LogP contribution >= 0.6 is 11.6 Å². The molecule has 1 aromatic carbocycles. The second-order valence-corrected chi connectivity index (χ2v) is 9.64. The molecule has 0 radical (unpaired) electrons. The number of carboxylic acid groups (broad SMARTS) is 1. The summed E-state index contributed by atoms with van der Waals surface area (Å²) < 4.78 is 5.36. The highest BCUT2D eigenvalue weighted by atomic mass is 35.5. The zero-order chi connectivity index (χ0) is 27.9. The van der Waals surface area contributed by atoms with E-state index in [2.05, 4.69) is 34.0 Å². The number of rotatable bonds is 9. The van der Waals surface area contributed by atoms with Gasteiger partial charge in [-0.3, -0.25) is 9.69 Å². The smallest absolute Gasteiger partial charge is 0.411 e. The first-order valence-corrected chi connectivity index (χ1v) is 11.8. The molecule has 2 aromatic rings. The van der Waals surface area contributed by atoms with E-state index >= 15 is 0 Å². The summed E-state index contributed by atoms with van der Waals surface area (Å²) in [6, 6.07) is 5.75. The van der Waals surface area contributed by atoms with Crippen molar-refractivity contribution in [3.8, 4) is 11.1 Å². The summed E-state index contributed by atoms with van der Waals surface area (Å²) in [6.45, 7) is 14.3. The van der Waals surface area contributed by atoms with Crippen molar-refractivity contribution in [3.63, 3.8) is 0 Å². The average Bonchev–Trinajstić information content (AvgIpc) is 2.82. The molecule has 0 saturated carbocycles. The van der Waals surface area contributed by atoms with Crippen LogP contribution < -0.4 is 15.5 Å². The summed E-state index contributed by atoms with van der Waals surface area (Å²) in [5, 5.41) is 23.2. The van der Waals surface area contributed by atoms with E-state index in [4.69, 9.17) is 16.3 Å². The van der Waals surface area contributed by atoms with Gasteiger partial charge in [0.25, 0.3) is 0 Å². The minimum absolute atomic E-state index is 0.0463. The summed E-state index contributed by atoms with van der Waals surface area (Å²) in [4.78, 5) is 37.6. The molecule has 2 rings (SSSR count). The fourth-order valence-corrected chi connectivity index (χ4v) is 3.36. The van der Waals surface area contributed by atoms with E-state index in [1.54, 1.807) is 52.0 Å². The van der Waals surface area contributed by atoms with Gasteiger partial charge >= 0.3 is 12.2 Å². The molecule has 10 nitrogen and oxygen atoms in total. The number of halogens is 1. The van der Waals surface area contributed by atoms with Crippen molar-refractivity contribution >= 4 is 41.1 Å². The van der Waals surface area contributed by atoms with Crippen LogP contribution in [0.5, 0.6) is 0 Å². The molecule has 37 heavy (non-hydrogen) atoms. The number of amides is 3. The van der Waals surface area contributed by atoms with E-state index in [0.29, 0.717) is 34.6 Å². The van der Waals surface area contributed by atoms with Gasteiger partial charge in [0.15, 0.2) is 5.15 Å². The lowest BCUT2D eigenvalue weighted by atomic mass is 10.0. The Kier molecular flexibility index (Phi) is 9.79. The third kappa shape index (κ3) is 8.04. The number of alkyl carbamates (subject to hydrolysis) is 1. The lowest BCUT2D eigenvalue weighted by Gasteiger charge is -2.23. The van der Waals surface area contributed by atoms with E-state index < -0.39 is 29.7 Å². The van der Waals surface area contributed by atoms with Crippen LogP contribution in [0.4, 0.5) is 21.0 Å². The highest BCUT2D eigenvalue weighted by molar-refractivity contribution is 6.32. The molecule has 1 heterocycles.